The van der Waals surface area contributed by atoms with Gasteiger partial charge in [-0.25, -0.2) is 0 Å². The number of hydrogen-bond acceptors (Lipinski definition) is 4. The normalized spacial score (nSPS) is 11.4. The van der Waals surface area contributed by atoms with E-state index in [0.717, 1.165) is 38.5 Å². The molecule has 2 heterocycles. The van der Waals surface area contributed by atoms with Crippen LogP contribution in [-0.4, -0.2) is 4.92 Å². The minimum absolute atomic E-state index is 0.144. The predicted molar refractivity (Wildman–Crippen MR) is 80.9 cm³/mol. The standard InChI is InChI=1S/C15H11NO3S/c1-10-12-4-2-3-5-14(12)19-13(10)8-6-11-7-9-15(20-11)16(17)18/h2-9H,1H3. The highest BCUT2D eigenvalue weighted by atomic mass is 32.1. The van der Waals surface area contributed by atoms with Gasteiger partial charge < -0.3 is 4.42 Å². The van der Waals surface area contributed by atoms with Crippen molar-refractivity contribution in [1.29, 1.82) is 0 Å². The Morgan fingerprint density at radius 1 is 1.20 bits per heavy atom. The molecule has 5 heteroatoms. The summed E-state index contributed by atoms with van der Waals surface area (Å²) in [6.07, 6.45) is 3.69. The van der Waals surface area contributed by atoms with Gasteiger partial charge in [0.05, 0.1) is 4.92 Å². The molecule has 2 aromatic heterocycles. The van der Waals surface area contributed by atoms with Gasteiger partial charge in [-0.3, -0.25) is 10.1 Å². The number of benzene rings is 1. The highest BCUT2D eigenvalue weighted by molar-refractivity contribution is 7.16. The van der Waals surface area contributed by atoms with E-state index >= 15 is 0 Å². The number of hydrogen-bond donors (Lipinski definition) is 0. The minimum atomic E-state index is -0.381. The van der Waals surface area contributed by atoms with Gasteiger partial charge in [0.25, 0.3) is 0 Å². The van der Waals surface area contributed by atoms with Crippen LogP contribution < -0.4 is 0 Å². The summed E-state index contributed by atoms with van der Waals surface area (Å²) in [6.45, 7) is 2.00. The van der Waals surface area contributed by atoms with Gasteiger partial charge in [-0.2, -0.15) is 0 Å². The summed E-state index contributed by atoms with van der Waals surface area (Å²) in [5, 5.41) is 11.9. The molecule has 0 bridgehead atoms. The molecular formula is C15H11NO3S. The van der Waals surface area contributed by atoms with Gasteiger partial charge in [-0.1, -0.05) is 29.5 Å². The Bertz CT molecular complexity index is 814. The maximum Gasteiger partial charge on any atom is 0.324 e. The highest BCUT2D eigenvalue weighted by Crippen LogP contribution is 2.28. The minimum Gasteiger partial charge on any atom is -0.456 e. The number of para-hydroxylation sites is 1. The molecule has 4 nitrogen and oxygen atoms in total. The van der Waals surface area contributed by atoms with Crippen molar-refractivity contribution in [1.82, 2.24) is 0 Å². The maximum absolute atomic E-state index is 10.6. The molecular weight excluding hydrogens is 274 g/mol. The van der Waals surface area contributed by atoms with Gasteiger partial charge in [0.2, 0.25) is 0 Å². The number of nitrogens with zero attached hydrogens (tertiary/aromatic N) is 1. The smallest absolute Gasteiger partial charge is 0.324 e. The summed E-state index contributed by atoms with van der Waals surface area (Å²) in [5.74, 6) is 0.780. The lowest BCUT2D eigenvalue weighted by Gasteiger charge is -1.88. The van der Waals surface area contributed by atoms with Crippen LogP contribution in [0.3, 0.4) is 0 Å². The summed E-state index contributed by atoms with van der Waals surface area (Å²) in [6, 6.07) is 11.1. The topological polar surface area (TPSA) is 56.3 Å². The Kier molecular flexibility index (Phi) is 3.12. The molecule has 20 heavy (non-hydrogen) atoms. The van der Waals surface area contributed by atoms with E-state index in [2.05, 4.69) is 0 Å². The van der Waals surface area contributed by atoms with E-state index in [0.29, 0.717) is 0 Å². The van der Waals surface area contributed by atoms with Crippen LogP contribution in [0.2, 0.25) is 0 Å². The van der Waals surface area contributed by atoms with E-state index < -0.39 is 0 Å². The second kappa shape index (κ2) is 4.94. The Labute approximate surface area is 119 Å². The molecule has 0 amide bonds. The third kappa shape index (κ3) is 2.23. The number of nitro groups is 1. The van der Waals surface area contributed by atoms with Crippen molar-refractivity contribution in [3.63, 3.8) is 0 Å². The largest absolute Gasteiger partial charge is 0.456 e. The molecule has 100 valence electrons. The summed E-state index contributed by atoms with van der Waals surface area (Å²) in [4.78, 5) is 11.1. The third-order valence-corrected chi connectivity index (χ3v) is 4.07. The second-order valence-electron chi connectivity index (χ2n) is 4.35. The number of rotatable bonds is 3. The molecule has 0 saturated heterocycles. The van der Waals surface area contributed by atoms with Crippen LogP contribution in [0, 0.1) is 17.0 Å². The molecule has 0 N–H and O–H groups in total. The Morgan fingerprint density at radius 2 is 2.00 bits per heavy atom. The molecule has 0 unspecified atom stereocenters. The van der Waals surface area contributed by atoms with Crippen molar-refractivity contribution in [2.24, 2.45) is 0 Å². The molecule has 1 aromatic carbocycles. The molecule has 0 spiro atoms. The first-order valence-electron chi connectivity index (χ1n) is 6.05. The molecule has 0 fully saturated rings. The lowest BCUT2D eigenvalue weighted by atomic mass is 10.1. The van der Waals surface area contributed by atoms with Gasteiger partial charge in [0, 0.05) is 21.9 Å². The Balaban J connectivity index is 1.93. The zero-order valence-electron chi connectivity index (χ0n) is 10.7. The average molecular weight is 285 g/mol. The summed E-state index contributed by atoms with van der Waals surface area (Å²) < 4.78 is 5.76. The van der Waals surface area contributed by atoms with Crippen molar-refractivity contribution < 1.29 is 9.34 Å². The van der Waals surface area contributed by atoms with Crippen molar-refractivity contribution in [3.8, 4) is 0 Å². The summed E-state index contributed by atoms with van der Waals surface area (Å²) in [7, 11) is 0. The quantitative estimate of drug-likeness (QED) is 0.509. The molecule has 0 aliphatic heterocycles. The molecule has 0 saturated carbocycles. The van der Waals surface area contributed by atoms with Gasteiger partial charge in [0.1, 0.15) is 11.3 Å². The molecule has 0 atom stereocenters. The number of furan rings is 1. The first-order chi connectivity index (χ1) is 9.65. The zero-order valence-corrected chi connectivity index (χ0v) is 11.5. The van der Waals surface area contributed by atoms with E-state index in [-0.39, 0.29) is 9.92 Å². The lowest BCUT2D eigenvalue weighted by Crippen LogP contribution is -1.80. The van der Waals surface area contributed by atoms with Crippen molar-refractivity contribution in [3.05, 3.63) is 62.7 Å². The van der Waals surface area contributed by atoms with E-state index in [1.807, 2.05) is 43.3 Å². The van der Waals surface area contributed by atoms with Crippen LogP contribution in [0.4, 0.5) is 5.00 Å². The van der Waals surface area contributed by atoms with Crippen LogP contribution in [-0.2, 0) is 0 Å². The average Bonchev–Trinajstić information content (AvgIpc) is 3.03. The fourth-order valence-electron chi connectivity index (χ4n) is 2.04. The summed E-state index contributed by atoms with van der Waals surface area (Å²) >= 11 is 1.15. The maximum atomic E-state index is 10.6. The van der Waals surface area contributed by atoms with Crippen LogP contribution >= 0.6 is 11.3 Å². The van der Waals surface area contributed by atoms with Gasteiger partial charge in [-0.15, -0.1) is 0 Å². The Morgan fingerprint density at radius 3 is 2.70 bits per heavy atom. The first-order valence-corrected chi connectivity index (χ1v) is 6.87. The van der Waals surface area contributed by atoms with Crippen LogP contribution in [0.5, 0.6) is 0 Å². The van der Waals surface area contributed by atoms with Gasteiger partial charge in [-0.05, 0) is 31.2 Å². The number of aryl methyl sites for hydroxylation is 1. The lowest BCUT2D eigenvalue weighted by molar-refractivity contribution is -0.380. The molecule has 3 aromatic rings. The van der Waals surface area contributed by atoms with Crippen LogP contribution in [0.25, 0.3) is 23.1 Å². The molecule has 3 rings (SSSR count). The van der Waals surface area contributed by atoms with Gasteiger partial charge >= 0.3 is 5.00 Å². The molecule has 0 aliphatic carbocycles. The van der Waals surface area contributed by atoms with Crippen LogP contribution in [0.1, 0.15) is 16.2 Å². The predicted octanol–water partition coefficient (Wildman–Crippen LogP) is 4.88. The molecule has 0 radical (unpaired) electrons. The third-order valence-electron chi connectivity index (χ3n) is 3.07. The highest BCUT2D eigenvalue weighted by Gasteiger charge is 2.09. The first kappa shape index (κ1) is 12.6. The monoisotopic (exact) mass is 285 g/mol. The SMILES string of the molecule is Cc1c(C=Cc2ccc([N+](=O)[O-])s2)oc2ccccc12. The zero-order chi connectivity index (χ0) is 14.1. The molecule has 0 aliphatic rings. The van der Waals surface area contributed by atoms with Crippen LogP contribution in [0.15, 0.2) is 40.8 Å². The number of fused-ring (bicyclic) bond motifs is 1. The Hall–Kier alpha value is -2.40. The fourth-order valence-corrected chi connectivity index (χ4v) is 2.76. The fraction of sp³-hybridized carbons (Fsp3) is 0.0667. The van der Waals surface area contributed by atoms with Crippen molar-refractivity contribution >= 4 is 39.5 Å². The van der Waals surface area contributed by atoms with Gasteiger partial charge in [0.15, 0.2) is 0 Å². The number of thiophene rings is 1. The van der Waals surface area contributed by atoms with E-state index in [4.69, 9.17) is 4.42 Å². The summed E-state index contributed by atoms with van der Waals surface area (Å²) in [5.41, 5.74) is 1.92. The van der Waals surface area contributed by atoms with E-state index in [9.17, 15) is 10.1 Å². The van der Waals surface area contributed by atoms with Crippen molar-refractivity contribution in [2.45, 2.75) is 6.92 Å². The van der Waals surface area contributed by atoms with E-state index in [1.54, 1.807) is 6.07 Å². The van der Waals surface area contributed by atoms with E-state index in [1.165, 1.54) is 6.07 Å². The second-order valence-corrected chi connectivity index (χ2v) is 5.45. The van der Waals surface area contributed by atoms with Crippen molar-refractivity contribution in [2.75, 3.05) is 0 Å².